The Bertz CT molecular complexity index is 554. The Kier molecular flexibility index (Phi) is 7.72. The highest BCUT2D eigenvalue weighted by Gasteiger charge is 2.19. The highest BCUT2D eigenvalue weighted by Crippen LogP contribution is 2.22. The first-order valence-corrected chi connectivity index (χ1v) is 9.42. The number of rotatable bonds is 8. The topological polar surface area (TPSA) is 44.8 Å². The first kappa shape index (κ1) is 19.7. The van der Waals surface area contributed by atoms with Crippen molar-refractivity contribution in [2.45, 2.75) is 39.7 Å². The molecule has 0 aromatic heterocycles. The van der Waals surface area contributed by atoms with Gasteiger partial charge in [0.1, 0.15) is 5.75 Å². The number of nitrogens with zero attached hydrogens (tertiary/aromatic N) is 2. The molecule has 0 radical (unpaired) electrons. The first-order valence-electron chi connectivity index (χ1n) is 9.42. The van der Waals surface area contributed by atoms with Gasteiger partial charge >= 0.3 is 0 Å². The lowest BCUT2D eigenvalue weighted by molar-refractivity contribution is -0.128. The molecule has 1 aromatic carbocycles. The van der Waals surface area contributed by atoms with Crippen molar-refractivity contribution in [3.05, 3.63) is 29.3 Å². The number of nitrogens with one attached hydrogen (secondary N) is 1. The van der Waals surface area contributed by atoms with Crippen LogP contribution in [0, 0.1) is 13.8 Å². The molecule has 1 fully saturated rings. The molecule has 1 atom stereocenters. The lowest BCUT2D eigenvalue weighted by Crippen LogP contribution is -2.45. The Morgan fingerprint density at radius 3 is 2.64 bits per heavy atom. The van der Waals surface area contributed by atoms with E-state index in [2.05, 4.69) is 35.2 Å². The molecule has 1 aromatic rings. The van der Waals surface area contributed by atoms with Crippen molar-refractivity contribution in [3.8, 4) is 5.75 Å². The Morgan fingerprint density at radius 1 is 1.24 bits per heavy atom. The van der Waals surface area contributed by atoms with Gasteiger partial charge in [-0.1, -0.05) is 19.1 Å². The van der Waals surface area contributed by atoms with Crippen molar-refractivity contribution in [1.82, 2.24) is 15.1 Å². The summed E-state index contributed by atoms with van der Waals surface area (Å²) >= 11 is 0. The van der Waals surface area contributed by atoms with E-state index in [0.717, 1.165) is 50.5 Å². The number of likely N-dealkylation sites (N-methyl/N-ethyl adjacent to an activating group) is 1. The number of carbonyl (C=O) groups is 1. The van der Waals surface area contributed by atoms with E-state index < -0.39 is 6.10 Å². The van der Waals surface area contributed by atoms with E-state index in [1.807, 2.05) is 26.0 Å². The summed E-state index contributed by atoms with van der Waals surface area (Å²) in [6.45, 7) is 12.3. The van der Waals surface area contributed by atoms with Crippen molar-refractivity contribution >= 4 is 5.91 Å². The van der Waals surface area contributed by atoms with Crippen molar-refractivity contribution < 1.29 is 9.53 Å². The van der Waals surface area contributed by atoms with E-state index in [1.54, 1.807) is 0 Å². The number of ether oxygens (including phenoxy) is 1. The van der Waals surface area contributed by atoms with Gasteiger partial charge in [-0.05, 0) is 57.5 Å². The Hall–Kier alpha value is -1.59. The Labute approximate surface area is 152 Å². The van der Waals surface area contributed by atoms with Gasteiger partial charge in [-0.3, -0.25) is 4.79 Å². The third kappa shape index (κ3) is 6.01. The second-order valence-corrected chi connectivity index (χ2v) is 7.00. The smallest absolute Gasteiger partial charge is 0.261 e. The van der Waals surface area contributed by atoms with Crippen molar-refractivity contribution in [3.63, 3.8) is 0 Å². The number of benzene rings is 1. The fourth-order valence-corrected chi connectivity index (χ4v) is 3.03. The van der Waals surface area contributed by atoms with E-state index in [-0.39, 0.29) is 5.91 Å². The molecule has 1 N–H and O–H groups in total. The van der Waals surface area contributed by atoms with Gasteiger partial charge in [-0.2, -0.15) is 0 Å². The van der Waals surface area contributed by atoms with Gasteiger partial charge in [0, 0.05) is 32.7 Å². The number of hydrogen-bond acceptors (Lipinski definition) is 4. The lowest BCUT2D eigenvalue weighted by Gasteiger charge is -2.32. The van der Waals surface area contributed by atoms with E-state index in [1.165, 1.54) is 5.56 Å². The number of piperazine rings is 1. The summed E-state index contributed by atoms with van der Waals surface area (Å²) in [7, 11) is 2.17. The van der Waals surface area contributed by atoms with Crippen LogP contribution in [0.15, 0.2) is 18.2 Å². The molecule has 5 heteroatoms. The summed E-state index contributed by atoms with van der Waals surface area (Å²) < 4.78 is 5.97. The molecule has 25 heavy (non-hydrogen) atoms. The third-order valence-electron chi connectivity index (χ3n) is 5.03. The van der Waals surface area contributed by atoms with Crippen LogP contribution in [0.1, 0.15) is 30.9 Å². The second kappa shape index (κ2) is 9.78. The molecule has 1 aliphatic heterocycles. The van der Waals surface area contributed by atoms with E-state index >= 15 is 0 Å². The van der Waals surface area contributed by atoms with Gasteiger partial charge in [0.25, 0.3) is 5.91 Å². The van der Waals surface area contributed by atoms with Crippen molar-refractivity contribution in [2.75, 3.05) is 46.3 Å². The zero-order valence-corrected chi connectivity index (χ0v) is 16.2. The summed E-state index contributed by atoms with van der Waals surface area (Å²) in [5, 5.41) is 3.04. The molecule has 0 bridgehead atoms. The average Bonchev–Trinajstić information content (AvgIpc) is 2.61. The maximum absolute atomic E-state index is 12.4. The molecular weight excluding hydrogens is 314 g/mol. The van der Waals surface area contributed by atoms with Gasteiger partial charge in [-0.25, -0.2) is 0 Å². The monoisotopic (exact) mass is 347 g/mol. The molecule has 5 nitrogen and oxygen atoms in total. The minimum Gasteiger partial charge on any atom is -0.480 e. The minimum absolute atomic E-state index is 0.0122. The second-order valence-electron chi connectivity index (χ2n) is 7.00. The van der Waals surface area contributed by atoms with Crippen LogP contribution in [0.5, 0.6) is 5.75 Å². The SMILES string of the molecule is CCC(Oc1cccc(C)c1C)C(=O)NCCCN1CCN(C)CC1. The average molecular weight is 348 g/mol. The number of amides is 1. The molecule has 1 unspecified atom stereocenters. The quantitative estimate of drug-likeness (QED) is 0.733. The predicted molar refractivity (Wildman–Crippen MR) is 102 cm³/mol. The minimum atomic E-state index is -0.427. The van der Waals surface area contributed by atoms with Crippen LogP contribution >= 0.6 is 0 Å². The van der Waals surface area contributed by atoms with Gasteiger partial charge < -0.3 is 19.9 Å². The number of carbonyl (C=O) groups excluding carboxylic acids is 1. The molecule has 1 amide bonds. The van der Waals surface area contributed by atoms with Crippen LogP contribution < -0.4 is 10.1 Å². The molecule has 1 saturated heterocycles. The summed E-state index contributed by atoms with van der Waals surface area (Å²) in [5.74, 6) is 0.793. The van der Waals surface area contributed by atoms with Gasteiger partial charge in [0.05, 0.1) is 0 Å². The van der Waals surface area contributed by atoms with E-state index in [9.17, 15) is 4.79 Å². The van der Waals surface area contributed by atoms with Gasteiger partial charge in [-0.15, -0.1) is 0 Å². The van der Waals surface area contributed by atoms with E-state index in [0.29, 0.717) is 13.0 Å². The molecule has 0 spiro atoms. The molecule has 2 rings (SSSR count). The molecular formula is C20H33N3O2. The van der Waals surface area contributed by atoms with Crippen molar-refractivity contribution in [2.24, 2.45) is 0 Å². The van der Waals surface area contributed by atoms with Crippen LogP contribution in [0.3, 0.4) is 0 Å². The van der Waals surface area contributed by atoms with Crippen LogP contribution in [0.2, 0.25) is 0 Å². The van der Waals surface area contributed by atoms with Crippen LogP contribution in [0.4, 0.5) is 0 Å². The van der Waals surface area contributed by atoms with Crippen LogP contribution in [-0.4, -0.2) is 68.1 Å². The fraction of sp³-hybridized carbons (Fsp3) is 0.650. The first-order chi connectivity index (χ1) is 12.0. The molecule has 140 valence electrons. The summed E-state index contributed by atoms with van der Waals surface area (Å²) in [4.78, 5) is 17.2. The largest absolute Gasteiger partial charge is 0.480 e. The normalized spacial score (nSPS) is 17.3. The predicted octanol–water partition coefficient (Wildman–Crippen LogP) is 2.21. The Balaban J connectivity index is 1.73. The Morgan fingerprint density at radius 2 is 1.96 bits per heavy atom. The lowest BCUT2D eigenvalue weighted by atomic mass is 10.1. The fourth-order valence-electron chi connectivity index (χ4n) is 3.03. The highest BCUT2D eigenvalue weighted by molar-refractivity contribution is 5.81. The summed E-state index contributed by atoms with van der Waals surface area (Å²) in [6.07, 6.45) is 1.22. The van der Waals surface area contributed by atoms with Gasteiger partial charge in [0.2, 0.25) is 0 Å². The summed E-state index contributed by atoms with van der Waals surface area (Å²) in [5.41, 5.74) is 2.28. The maximum Gasteiger partial charge on any atom is 0.261 e. The zero-order valence-electron chi connectivity index (χ0n) is 16.2. The number of hydrogen-bond donors (Lipinski definition) is 1. The highest BCUT2D eigenvalue weighted by atomic mass is 16.5. The summed E-state index contributed by atoms with van der Waals surface area (Å²) in [6, 6.07) is 5.96. The van der Waals surface area contributed by atoms with Crippen LogP contribution in [0.25, 0.3) is 0 Å². The molecule has 1 heterocycles. The maximum atomic E-state index is 12.4. The molecule has 0 aliphatic carbocycles. The molecule has 0 saturated carbocycles. The van der Waals surface area contributed by atoms with E-state index in [4.69, 9.17) is 4.74 Å². The third-order valence-corrected chi connectivity index (χ3v) is 5.03. The van der Waals surface area contributed by atoms with Crippen molar-refractivity contribution in [1.29, 1.82) is 0 Å². The number of aryl methyl sites for hydroxylation is 1. The zero-order chi connectivity index (χ0) is 18.2. The standard InChI is InChI=1S/C20H33N3O2/c1-5-18(25-19-9-6-8-16(2)17(19)3)20(24)21-10-7-11-23-14-12-22(4)13-15-23/h6,8-9,18H,5,7,10-15H2,1-4H3,(H,21,24). The molecule has 1 aliphatic rings. The van der Waals surface area contributed by atoms with Crippen LogP contribution in [-0.2, 0) is 4.79 Å². The van der Waals surface area contributed by atoms with Gasteiger partial charge in [0.15, 0.2) is 6.10 Å².